The van der Waals surface area contributed by atoms with Gasteiger partial charge in [-0.1, -0.05) is 36.4 Å². The molecular formula is C20H17N3O3. The number of fused-ring (bicyclic) bond motifs is 2. The zero-order valence-corrected chi connectivity index (χ0v) is 13.9. The Hall–Kier alpha value is -3.54. The smallest absolute Gasteiger partial charge is 0.328 e. The highest BCUT2D eigenvalue weighted by Gasteiger charge is 2.28. The second kappa shape index (κ2) is 6.40. The molecule has 0 aliphatic heterocycles. The maximum absolute atomic E-state index is 12.0. The number of nitrogens with one attached hydrogen (secondary N) is 1. The van der Waals surface area contributed by atoms with E-state index in [1.807, 2.05) is 54.6 Å². The largest absolute Gasteiger partial charge is 0.480 e. The second-order valence-electron chi connectivity index (χ2n) is 6.12. The average Bonchev–Trinajstić information content (AvgIpc) is 3.26. The predicted molar refractivity (Wildman–Crippen MR) is 99.6 cm³/mol. The van der Waals surface area contributed by atoms with Crippen molar-refractivity contribution >= 4 is 34.2 Å². The molecule has 0 fully saturated rings. The van der Waals surface area contributed by atoms with Gasteiger partial charge < -0.3 is 10.1 Å². The molecule has 2 heterocycles. The number of para-hydroxylation sites is 2. The highest BCUT2D eigenvalue weighted by atomic mass is 16.4. The van der Waals surface area contributed by atoms with Crippen molar-refractivity contribution in [1.29, 1.82) is 0 Å². The van der Waals surface area contributed by atoms with Crippen molar-refractivity contribution in [3.05, 3.63) is 72.6 Å². The quantitative estimate of drug-likeness (QED) is 0.527. The molecule has 130 valence electrons. The molecule has 6 nitrogen and oxygen atoms in total. The van der Waals surface area contributed by atoms with Crippen LogP contribution in [0.15, 0.2) is 67.0 Å². The van der Waals surface area contributed by atoms with E-state index < -0.39 is 12.0 Å². The summed E-state index contributed by atoms with van der Waals surface area (Å²) in [6.45, 7) is 0. The number of carbonyl (C=O) groups excluding carboxylic acids is 1. The Morgan fingerprint density at radius 3 is 2.73 bits per heavy atom. The van der Waals surface area contributed by atoms with Gasteiger partial charge in [0.05, 0.1) is 5.52 Å². The molecule has 1 atom stereocenters. The molecule has 0 aliphatic rings. The third kappa shape index (κ3) is 2.61. The summed E-state index contributed by atoms with van der Waals surface area (Å²) < 4.78 is 1.59. The molecule has 26 heavy (non-hydrogen) atoms. The molecule has 4 aromatic rings. The zero-order valence-electron chi connectivity index (χ0n) is 13.9. The first-order valence-electron chi connectivity index (χ1n) is 8.27. The van der Waals surface area contributed by atoms with Crippen molar-refractivity contribution in [3.63, 3.8) is 0 Å². The van der Waals surface area contributed by atoms with Crippen LogP contribution in [0, 0.1) is 0 Å². The first-order chi connectivity index (χ1) is 12.7. The number of rotatable bonds is 6. The Morgan fingerprint density at radius 1 is 1.15 bits per heavy atom. The maximum Gasteiger partial charge on any atom is 0.328 e. The summed E-state index contributed by atoms with van der Waals surface area (Å²) in [7, 11) is 0. The van der Waals surface area contributed by atoms with E-state index in [1.54, 1.807) is 17.1 Å². The van der Waals surface area contributed by atoms with Crippen LogP contribution >= 0.6 is 0 Å². The number of aromatic amines is 1. The molecule has 2 aromatic carbocycles. The maximum atomic E-state index is 12.0. The summed E-state index contributed by atoms with van der Waals surface area (Å²) in [5.74, 6) is -1.06. The minimum atomic E-state index is -1.06. The number of hydrogen-bond donors (Lipinski definition) is 2. The molecule has 0 unspecified atom stereocenters. The Kier molecular flexibility index (Phi) is 3.93. The van der Waals surface area contributed by atoms with Crippen LogP contribution in [0.1, 0.15) is 5.56 Å². The summed E-state index contributed by atoms with van der Waals surface area (Å²) in [5, 5.41) is 12.9. The van der Waals surface area contributed by atoms with E-state index in [1.165, 1.54) is 5.01 Å². The van der Waals surface area contributed by atoms with Gasteiger partial charge >= 0.3 is 5.97 Å². The van der Waals surface area contributed by atoms with Crippen LogP contribution in [0.5, 0.6) is 0 Å². The zero-order chi connectivity index (χ0) is 18.1. The van der Waals surface area contributed by atoms with Crippen molar-refractivity contribution in [3.8, 4) is 0 Å². The van der Waals surface area contributed by atoms with E-state index in [9.17, 15) is 14.7 Å². The van der Waals surface area contributed by atoms with Gasteiger partial charge in [0.2, 0.25) is 6.41 Å². The third-order valence-electron chi connectivity index (χ3n) is 4.63. The highest BCUT2D eigenvalue weighted by molar-refractivity contribution is 5.88. The molecule has 0 radical (unpaired) electrons. The Morgan fingerprint density at radius 2 is 1.92 bits per heavy atom. The Bertz CT molecular complexity index is 1100. The van der Waals surface area contributed by atoms with Gasteiger partial charge in [-0.05, 0) is 23.8 Å². The predicted octanol–water partition coefficient (Wildman–Crippen LogP) is 2.91. The minimum absolute atomic E-state index is 0.199. The fourth-order valence-electron chi connectivity index (χ4n) is 3.35. The monoisotopic (exact) mass is 347 g/mol. The number of aromatic nitrogens is 2. The van der Waals surface area contributed by atoms with Crippen molar-refractivity contribution in [1.82, 2.24) is 9.66 Å². The number of carboxylic acid groups (broad SMARTS) is 1. The number of benzene rings is 2. The third-order valence-corrected chi connectivity index (χ3v) is 4.63. The number of carbonyl (C=O) groups is 2. The number of aliphatic carboxylic acids is 1. The molecule has 0 saturated carbocycles. The van der Waals surface area contributed by atoms with Crippen molar-refractivity contribution < 1.29 is 14.7 Å². The first kappa shape index (κ1) is 16.0. The average molecular weight is 347 g/mol. The normalized spacial score (nSPS) is 12.3. The van der Waals surface area contributed by atoms with E-state index in [4.69, 9.17) is 0 Å². The fourth-order valence-corrected chi connectivity index (χ4v) is 3.35. The van der Waals surface area contributed by atoms with Gasteiger partial charge in [0.25, 0.3) is 0 Å². The minimum Gasteiger partial charge on any atom is -0.480 e. The van der Waals surface area contributed by atoms with E-state index in [0.717, 1.165) is 27.4 Å². The number of amides is 1. The number of H-pyrrole nitrogens is 1. The van der Waals surface area contributed by atoms with Gasteiger partial charge in [-0.2, -0.15) is 0 Å². The van der Waals surface area contributed by atoms with E-state index in [-0.39, 0.29) is 6.42 Å². The van der Waals surface area contributed by atoms with Crippen LogP contribution in [0.4, 0.5) is 0 Å². The summed E-state index contributed by atoms with van der Waals surface area (Å²) in [6.07, 6.45) is 4.28. The van der Waals surface area contributed by atoms with E-state index in [0.29, 0.717) is 6.41 Å². The van der Waals surface area contributed by atoms with Gasteiger partial charge in [-0.15, -0.1) is 0 Å². The number of nitrogens with zero attached hydrogens (tertiary/aromatic N) is 2. The molecule has 1 amide bonds. The van der Waals surface area contributed by atoms with Gasteiger partial charge in [0.15, 0.2) is 6.04 Å². The summed E-state index contributed by atoms with van der Waals surface area (Å²) in [4.78, 5) is 26.9. The van der Waals surface area contributed by atoms with Crippen LogP contribution in [0.25, 0.3) is 21.8 Å². The van der Waals surface area contributed by atoms with Gasteiger partial charge in [0.1, 0.15) is 0 Å². The molecule has 2 aromatic heterocycles. The molecule has 6 heteroatoms. The first-order valence-corrected chi connectivity index (χ1v) is 8.27. The summed E-state index contributed by atoms with van der Waals surface area (Å²) in [6, 6.07) is 16.1. The van der Waals surface area contributed by atoms with Crippen molar-refractivity contribution in [2.45, 2.75) is 12.5 Å². The lowest BCUT2D eigenvalue weighted by molar-refractivity contribution is -0.140. The molecule has 0 spiro atoms. The van der Waals surface area contributed by atoms with E-state index in [2.05, 4.69) is 4.98 Å². The molecule has 2 N–H and O–H groups in total. The molecule has 0 aliphatic carbocycles. The molecule has 4 rings (SSSR count). The summed E-state index contributed by atoms with van der Waals surface area (Å²) in [5.41, 5.74) is 2.58. The fraction of sp³-hybridized carbons (Fsp3) is 0.100. The summed E-state index contributed by atoms with van der Waals surface area (Å²) >= 11 is 0. The number of carboxylic acids is 1. The lowest BCUT2D eigenvalue weighted by Crippen LogP contribution is -2.48. The lowest BCUT2D eigenvalue weighted by Gasteiger charge is -2.26. The molecule has 0 bridgehead atoms. The van der Waals surface area contributed by atoms with E-state index >= 15 is 0 Å². The van der Waals surface area contributed by atoms with Crippen LogP contribution in [0.2, 0.25) is 0 Å². The van der Waals surface area contributed by atoms with Crippen LogP contribution in [0.3, 0.4) is 0 Å². The Balaban J connectivity index is 1.75. The molecule has 0 saturated heterocycles. The van der Waals surface area contributed by atoms with Gasteiger partial charge in [-0.25, -0.2) is 9.80 Å². The van der Waals surface area contributed by atoms with Crippen molar-refractivity contribution in [2.75, 3.05) is 5.01 Å². The topological polar surface area (TPSA) is 78.3 Å². The Labute approximate surface area is 149 Å². The van der Waals surface area contributed by atoms with Crippen LogP contribution in [-0.4, -0.2) is 33.2 Å². The van der Waals surface area contributed by atoms with Crippen LogP contribution < -0.4 is 5.01 Å². The SMILES string of the molecule is O=CN([C@@H](Cc1c[nH]c2ccccc12)C(=O)O)n1ccc2ccccc21. The lowest BCUT2D eigenvalue weighted by atomic mass is 10.0. The number of hydrogen-bond acceptors (Lipinski definition) is 2. The second-order valence-corrected chi connectivity index (χ2v) is 6.12. The molecular weight excluding hydrogens is 330 g/mol. The van der Waals surface area contributed by atoms with Crippen molar-refractivity contribution in [2.24, 2.45) is 0 Å². The standard InChI is InChI=1S/C20H17N3O3/c24-13-23(22-10-9-14-5-1-4-8-18(14)22)19(20(25)26)11-15-12-21-17-7-3-2-6-16(15)17/h1-10,12-13,19,21H,11H2,(H,25,26)/t19-/m0/s1. The van der Waals surface area contributed by atoms with Gasteiger partial charge in [-0.3, -0.25) is 9.47 Å². The highest BCUT2D eigenvalue weighted by Crippen LogP contribution is 2.22. The van der Waals surface area contributed by atoms with Gasteiger partial charge in [0, 0.05) is 35.1 Å². The van der Waals surface area contributed by atoms with Crippen LogP contribution in [-0.2, 0) is 16.0 Å².